The lowest BCUT2D eigenvalue weighted by atomic mass is 10.2. The molecule has 0 fully saturated rings. The lowest BCUT2D eigenvalue weighted by Crippen LogP contribution is -2.01. The topological polar surface area (TPSA) is 49.8 Å². The predicted molar refractivity (Wildman–Crippen MR) is 81.4 cm³/mol. The molecule has 1 aromatic carbocycles. The molecule has 0 radical (unpaired) electrons. The fourth-order valence-corrected chi connectivity index (χ4v) is 2.69. The third-order valence-electron chi connectivity index (χ3n) is 2.97. The van der Waals surface area contributed by atoms with Crippen LogP contribution in [-0.4, -0.2) is 17.0 Å². The number of benzene rings is 1. The first-order chi connectivity index (χ1) is 9.67. The summed E-state index contributed by atoms with van der Waals surface area (Å²) in [7, 11) is 1.78. The maximum atomic E-state index is 13.3. The van der Waals surface area contributed by atoms with E-state index in [0.29, 0.717) is 17.3 Å². The summed E-state index contributed by atoms with van der Waals surface area (Å²) in [4.78, 5) is 9.71. The van der Waals surface area contributed by atoms with Crippen molar-refractivity contribution < 1.29 is 4.39 Å². The molecule has 6 heteroatoms. The van der Waals surface area contributed by atoms with Gasteiger partial charge in [-0.05, 0) is 42.1 Å². The van der Waals surface area contributed by atoms with Crippen molar-refractivity contribution in [1.29, 1.82) is 0 Å². The van der Waals surface area contributed by atoms with Gasteiger partial charge in [0.05, 0.1) is 5.39 Å². The molecule has 0 spiro atoms. The molecule has 0 aliphatic carbocycles. The van der Waals surface area contributed by atoms with E-state index in [0.717, 1.165) is 15.9 Å². The molecule has 102 valence electrons. The highest BCUT2D eigenvalue weighted by molar-refractivity contribution is 7.16. The number of hydrogen-bond donors (Lipinski definition) is 2. The molecule has 2 N–H and O–H groups in total. The van der Waals surface area contributed by atoms with Crippen molar-refractivity contribution >= 4 is 39.0 Å². The maximum Gasteiger partial charge on any atom is 0.225 e. The highest BCUT2D eigenvalue weighted by Gasteiger charge is 2.09. The molecule has 0 bridgehead atoms. The number of aromatic nitrogens is 2. The highest BCUT2D eigenvalue weighted by atomic mass is 32.1. The molecule has 2 heterocycles. The van der Waals surface area contributed by atoms with Gasteiger partial charge in [0.1, 0.15) is 16.5 Å². The second-order valence-electron chi connectivity index (χ2n) is 4.37. The number of nitrogens with zero attached hydrogens (tertiary/aromatic N) is 2. The largest absolute Gasteiger partial charge is 0.357 e. The van der Waals surface area contributed by atoms with Crippen LogP contribution in [0.3, 0.4) is 0 Å². The lowest BCUT2D eigenvalue weighted by Gasteiger charge is -2.09. The van der Waals surface area contributed by atoms with Crippen molar-refractivity contribution in [2.75, 3.05) is 17.7 Å². The second kappa shape index (κ2) is 5.05. The Kier molecular flexibility index (Phi) is 3.23. The molecular weight excluding hydrogens is 275 g/mol. The van der Waals surface area contributed by atoms with Crippen LogP contribution in [0.5, 0.6) is 0 Å². The summed E-state index contributed by atoms with van der Waals surface area (Å²) in [5.41, 5.74) is 1.40. The van der Waals surface area contributed by atoms with Gasteiger partial charge >= 0.3 is 0 Å². The zero-order valence-corrected chi connectivity index (χ0v) is 11.9. The fraction of sp³-hybridized carbons (Fsp3) is 0.143. The van der Waals surface area contributed by atoms with Crippen molar-refractivity contribution in [2.24, 2.45) is 0 Å². The summed E-state index contributed by atoms with van der Waals surface area (Å²) in [6, 6.07) is 6.87. The number of hydrogen-bond acceptors (Lipinski definition) is 5. The molecule has 0 aliphatic rings. The molecule has 0 unspecified atom stereocenters. The first kappa shape index (κ1) is 12.8. The van der Waals surface area contributed by atoms with Gasteiger partial charge in [-0.2, -0.15) is 4.98 Å². The molecule has 4 nitrogen and oxygen atoms in total. The average molecular weight is 288 g/mol. The van der Waals surface area contributed by atoms with Crippen LogP contribution in [0.15, 0.2) is 29.6 Å². The first-order valence-electron chi connectivity index (χ1n) is 6.13. The molecule has 0 saturated heterocycles. The SMILES string of the molecule is CNc1nc(Nc2ccc(F)c(C)c2)c2ccsc2n1. The van der Waals surface area contributed by atoms with Gasteiger partial charge in [-0.15, -0.1) is 11.3 Å². The second-order valence-corrected chi connectivity index (χ2v) is 5.27. The van der Waals surface area contributed by atoms with Crippen LogP contribution in [0.2, 0.25) is 0 Å². The average Bonchev–Trinajstić information content (AvgIpc) is 2.91. The van der Waals surface area contributed by atoms with Crippen molar-refractivity contribution in [3.63, 3.8) is 0 Å². The van der Waals surface area contributed by atoms with Crippen molar-refractivity contribution in [3.8, 4) is 0 Å². The highest BCUT2D eigenvalue weighted by Crippen LogP contribution is 2.29. The van der Waals surface area contributed by atoms with E-state index in [-0.39, 0.29) is 5.82 Å². The number of fused-ring (bicyclic) bond motifs is 1. The Labute approximate surface area is 119 Å². The van der Waals surface area contributed by atoms with Crippen LogP contribution in [0.25, 0.3) is 10.2 Å². The van der Waals surface area contributed by atoms with Crippen molar-refractivity contribution in [1.82, 2.24) is 9.97 Å². The summed E-state index contributed by atoms with van der Waals surface area (Å²) >= 11 is 1.56. The number of anilines is 3. The van der Waals surface area contributed by atoms with Crippen molar-refractivity contribution in [3.05, 3.63) is 41.0 Å². The Morgan fingerprint density at radius 2 is 2.05 bits per heavy atom. The maximum absolute atomic E-state index is 13.3. The van der Waals surface area contributed by atoms with Crippen LogP contribution in [0.1, 0.15) is 5.56 Å². The van der Waals surface area contributed by atoms with E-state index in [1.165, 1.54) is 6.07 Å². The van der Waals surface area contributed by atoms with E-state index in [1.54, 1.807) is 37.4 Å². The number of thiophene rings is 1. The molecule has 0 amide bonds. The van der Waals surface area contributed by atoms with Crippen LogP contribution in [0, 0.1) is 12.7 Å². The number of rotatable bonds is 3. The van der Waals surface area contributed by atoms with Gasteiger partial charge in [-0.1, -0.05) is 0 Å². The van der Waals surface area contributed by atoms with Gasteiger partial charge in [-0.3, -0.25) is 0 Å². The minimum atomic E-state index is -0.213. The van der Waals surface area contributed by atoms with Crippen LogP contribution in [-0.2, 0) is 0 Å². The fourth-order valence-electron chi connectivity index (χ4n) is 1.92. The van der Waals surface area contributed by atoms with E-state index < -0.39 is 0 Å². The molecule has 20 heavy (non-hydrogen) atoms. The van der Waals surface area contributed by atoms with E-state index in [9.17, 15) is 4.39 Å². The standard InChI is InChI=1S/C14H13FN4S/c1-8-7-9(3-4-11(8)15)17-12-10-5-6-20-13(10)19-14(16-2)18-12/h3-7H,1-2H3,(H2,16,17,18,19). The number of nitrogens with one attached hydrogen (secondary N) is 2. The van der Waals surface area contributed by atoms with Crippen LogP contribution in [0.4, 0.5) is 21.8 Å². The minimum Gasteiger partial charge on any atom is -0.357 e. The van der Waals surface area contributed by atoms with Gasteiger partial charge in [-0.25, -0.2) is 9.37 Å². The van der Waals surface area contributed by atoms with E-state index >= 15 is 0 Å². The van der Waals surface area contributed by atoms with Gasteiger partial charge < -0.3 is 10.6 Å². The molecule has 0 saturated carbocycles. The van der Waals surface area contributed by atoms with E-state index in [1.807, 2.05) is 11.4 Å². The summed E-state index contributed by atoms with van der Waals surface area (Å²) in [5, 5.41) is 9.09. The molecule has 2 aromatic heterocycles. The van der Waals surface area contributed by atoms with Crippen molar-refractivity contribution in [2.45, 2.75) is 6.92 Å². The molecule has 3 aromatic rings. The Morgan fingerprint density at radius 3 is 2.80 bits per heavy atom. The zero-order valence-electron chi connectivity index (χ0n) is 11.1. The van der Waals surface area contributed by atoms with Gasteiger partial charge in [0.25, 0.3) is 0 Å². The van der Waals surface area contributed by atoms with Crippen LogP contribution >= 0.6 is 11.3 Å². The smallest absolute Gasteiger partial charge is 0.225 e. The molecule has 3 rings (SSSR count). The lowest BCUT2D eigenvalue weighted by molar-refractivity contribution is 0.619. The summed E-state index contributed by atoms with van der Waals surface area (Å²) in [5.74, 6) is 1.06. The van der Waals surface area contributed by atoms with Crippen LogP contribution < -0.4 is 10.6 Å². The Hall–Kier alpha value is -2.21. The molecule has 0 aliphatic heterocycles. The Bertz CT molecular complexity index is 769. The summed E-state index contributed by atoms with van der Waals surface area (Å²) in [6.07, 6.45) is 0. The van der Waals surface area contributed by atoms with Gasteiger partial charge in [0.15, 0.2) is 0 Å². The third kappa shape index (κ3) is 2.30. The van der Waals surface area contributed by atoms with Gasteiger partial charge in [0.2, 0.25) is 5.95 Å². The quantitative estimate of drug-likeness (QED) is 0.767. The number of halogens is 1. The Balaban J connectivity index is 2.04. The summed E-state index contributed by atoms with van der Waals surface area (Å²) < 4.78 is 13.3. The number of aryl methyl sites for hydroxylation is 1. The molecule has 0 atom stereocenters. The first-order valence-corrected chi connectivity index (χ1v) is 7.01. The van der Waals surface area contributed by atoms with Gasteiger partial charge in [0, 0.05) is 12.7 Å². The normalized spacial score (nSPS) is 10.8. The van der Waals surface area contributed by atoms with E-state index in [2.05, 4.69) is 20.6 Å². The van der Waals surface area contributed by atoms with E-state index in [4.69, 9.17) is 0 Å². The summed E-state index contributed by atoms with van der Waals surface area (Å²) in [6.45, 7) is 1.74. The minimum absolute atomic E-state index is 0.213. The third-order valence-corrected chi connectivity index (χ3v) is 3.78. The predicted octanol–water partition coefficient (Wildman–Crippen LogP) is 3.92. The molecular formula is C14H13FN4S. The monoisotopic (exact) mass is 288 g/mol. The zero-order chi connectivity index (χ0) is 14.1. The Morgan fingerprint density at radius 1 is 1.20 bits per heavy atom.